The second-order valence-corrected chi connectivity index (χ2v) is 8.97. The summed E-state index contributed by atoms with van der Waals surface area (Å²) in [4.78, 5) is 40.0. The summed E-state index contributed by atoms with van der Waals surface area (Å²) in [6.45, 7) is 0.422. The predicted octanol–water partition coefficient (Wildman–Crippen LogP) is 0.475. The van der Waals surface area contributed by atoms with Crippen molar-refractivity contribution >= 4 is 17.9 Å². The molecule has 0 rings (SSSR count). The summed E-state index contributed by atoms with van der Waals surface area (Å²) in [5.41, 5.74) is 3.41. The molecule has 4 N–H and O–H groups in total. The fourth-order valence-corrected chi connectivity index (χ4v) is 2.34. The Morgan fingerprint density at radius 2 is 1.12 bits per heavy atom. The van der Waals surface area contributed by atoms with Crippen molar-refractivity contribution in [1.82, 2.24) is 0 Å². The average molecular weight is 492 g/mol. The Labute approximate surface area is 198 Å². The Morgan fingerprint density at radius 3 is 1.53 bits per heavy atom. The molecule has 0 radical (unpaired) electrons. The van der Waals surface area contributed by atoms with Crippen molar-refractivity contribution in [1.29, 1.82) is 0 Å². The molecule has 0 unspecified atom stereocenters. The van der Waals surface area contributed by atoms with Crippen molar-refractivity contribution in [2.75, 3.05) is 52.8 Å². The molecule has 0 saturated heterocycles. The molecule has 0 atom stereocenters. The Morgan fingerprint density at radius 1 is 0.706 bits per heavy atom. The van der Waals surface area contributed by atoms with Gasteiger partial charge in [0.1, 0.15) is 29.5 Å². The number of unbranched alkanes of at least 4 members (excludes halogenated alkanes) is 3. The number of carbonyl (C=O) groups is 3. The summed E-state index contributed by atoms with van der Waals surface area (Å²) >= 11 is 0. The zero-order valence-corrected chi connectivity index (χ0v) is 20.1. The fourth-order valence-electron chi connectivity index (χ4n) is 2.34. The highest BCUT2D eigenvalue weighted by Crippen LogP contribution is 2.26. The molecule has 0 aliphatic rings. The van der Waals surface area contributed by atoms with E-state index in [1.807, 2.05) is 0 Å². The summed E-state index contributed by atoms with van der Waals surface area (Å²) in [5.74, 6) is -2.73. The SMILES string of the molecule is CC(CO)(CO)C(=O)OCC(C)(COC(=O)C(C)(CO)CO)C(=O)OCCCCCCN=[N+]=[N-]. The van der Waals surface area contributed by atoms with E-state index in [0.717, 1.165) is 6.42 Å². The minimum absolute atomic E-state index is 0.0494. The van der Waals surface area contributed by atoms with Crippen LogP contribution in [0.15, 0.2) is 5.11 Å². The van der Waals surface area contributed by atoms with Gasteiger partial charge in [-0.2, -0.15) is 0 Å². The van der Waals surface area contributed by atoms with Gasteiger partial charge in [0.05, 0.1) is 33.0 Å². The van der Waals surface area contributed by atoms with Gasteiger partial charge in [0.25, 0.3) is 0 Å². The molecule has 0 heterocycles. The quantitative estimate of drug-likeness (QED) is 0.0520. The number of aliphatic hydroxyl groups excluding tert-OH is 4. The lowest BCUT2D eigenvalue weighted by atomic mass is 9.90. The van der Waals surface area contributed by atoms with Gasteiger partial charge in [-0.3, -0.25) is 14.4 Å². The highest BCUT2D eigenvalue weighted by Gasteiger charge is 2.43. The van der Waals surface area contributed by atoms with Crippen LogP contribution in [0.25, 0.3) is 10.4 Å². The summed E-state index contributed by atoms with van der Waals surface area (Å²) in [6.07, 6.45) is 2.71. The van der Waals surface area contributed by atoms with Gasteiger partial charge in [-0.05, 0) is 39.1 Å². The number of hydrogen-bond acceptors (Lipinski definition) is 11. The van der Waals surface area contributed by atoms with Crippen molar-refractivity contribution in [3.05, 3.63) is 10.4 Å². The predicted molar refractivity (Wildman–Crippen MR) is 118 cm³/mol. The standard InChI is InChI=1S/C21H37N3O10/c1-19(10-25,11-26)16(29)33-14-21(3,15-34-17(30)20(2,12-27)13-28)18(31)32-9-7-5-4-6-8-23-24-22/h25-28H,4-15H2,1-3H3. The summed E-state index contributed by atoms with van der Waals surface area (Å²) in [5, 5.41) is 40.9. The number of esters is 3. The van der Waals surface area contributed by atoms with Gasteiger partial charge in [0, 0.05) is 11.5 Å². The van der Waals surface area contributed by atoms with Crippen LogP contribution < -0.4 is 0 Å². The summed E-state index contributed by atoms with van der Waals surface area (Å²) < 4.78 is 15.6. The molecule has 0 aliphatic heterocycles. The normalized spacial score (nSPS) is 12.0. The number of ether oxygens (including phenoxy) is 3. The molecule has 0 aliphatic carbocycles. The van der Waals surface area contributed by atoms with Crippen LogP contribution in [0.2, 0.25) is 0 Å². The first kappa shape index (κ1) is 31.6. The number of azide groups is 1. The highest BCUT2D eigenvalue weighted by molar-refractivity contribution is 5.80. The second-order valence-electron chi connectivity index (χ2n) is 8.97. The van der Waals surface area contributed by atoms with Gasteiger partial charge < -0.3 is 34.6 Å². The van der Waals surface area contributed by atoms with E-state index in [4.69, 9.17) is 19.7 Å². The van der Waals surface area contributed by atoms with Crippen molar-refractivity contribution in [3.8, 4) is 0 Å². The number of carbonyl (C=O) groups excluding carboxylic acids is 3. The van der Waals surface area contributed by atoms with Crippen molar-refractivity contribution in [2.45, 2.75) is 46.5 Å². The maximum Gasteiger partial charge on any atom is 0.318 e. The number of nitrogens with zero attached hydrogens (tertiary/aromatic N) is 3. The topological polar surface area (TPSA) is 209 Å². The molecule has 0 aromatic heterocycles. The van der Waals surface area contributed by atoms with Crippen molar-refractivity contribution < 1.29 is 49.0 Å². The maximum absolute atomic E-state index is 12.8. The smallest absolute Gasteiger partial charge is 0.318 e. The molecule has 196 valence electrons. The molecule has 0 saturated carbocycles. The molecule has 13 heteroatoms. The average Bonchev–Trinajstić information content (AvgIpc) is 2.85. The zero-order valence-electron chi connectivity index (χ0n) is 20.1. The van der Waals surface area contributed by atoms with Crippen LogP contribution in [-0.4, -0.2) is 91.1 Å². The van der Waals surface area contributed by atoms with Crippen LogP contribution in [0.4, 0.5) is 0 Å². The van der Waals surface area contributed by atoms with Gasteiger partial charge in [-0.15, -0.1) is 0 Å². The van der Waals surface area contributed by atoms with E-state index in [0.29, 0.717) is 25.8 Å². The van der Waals surface area contributed by atoms with Gasteiger partial charge in [-0.25, -0.2) is 0 Å². The largest absolute Gasteiger partial charge is 0.465 e. The first-order valence-corrected chi connectivity index (χ1v) is 10.9. The van der Waals surface area contributed by atoms with Crippen LogP contribution in [0.3, 0.4) is 0 Å². The molecular formula is C21H37N3O10. The summed E-state index contributed by atoms with van der Waals surface area (Å²) in [7, 11) is 0. The Hall–Kier alpha value is -2.44. The third-order valence-electron chi connectivity index (χ3n) is 5.37. The van der Waals surface area contributed by atoms with E-state index in [9.17, 15) is 34.8 Å². The number of aliphatic hydroxyl groups is 4. The second kappa shape index (κ2) is 15.5. The van der Waals surface area contributed by atoms with Crippen molar-refractivity contribution in [2.24, 2.45) is 21.4 Å². The van der Waals surface area contributed by atoms with E-state index in [2.05, 4.69) is 10.0 Å². The highest BCUT2D eigenvalue weighted by atomic mass is 16.6. The first-order chi connectivity index (χ1) is 16.0. The van der Waals surface area contributed by atoms with Gasteiger partial charge >= 0.3 is 17.9 Å². The van der Waals surface area contributed by atoms with Crippen LogP contribution in [-0.2, 0) is 28.6 Å². The molecule has 34 heavy (non-hydrogen) atoms. The van der Waals surface area contributed by atoms with Crippen molar-refractivity contribution in [3.63, 3.8) is 0 Å². The molecule has 0 amide bonds. The molecule has 0 bridgehead atoms. The Kier molecular flexibility index (Phi) is 14.4. The molecular weight excluding hydrogens is 454 g/mol. The Bertz CT molecular complexity index is 667. The van der Waals surface area contributed by atoms with E-state index in [-0.39, 0.29) is 6.61 Å². The first-order valence-electron chi connectivity index (χ1n) is 10.9. The molecule has 0 aromatic carbocycles. The van der Waals surface area contributed by atoms with Gasteiger partial charge in [0.2, 0.25) is 0 Å². The number of hydrogen-bond donors (Lipinski definition) is 4. The monoisotopic (exact) mass is 491 g/mol. The lowest BCUT2D eigenvalue weighted by Gasteiger charge is -2.30. The van der Waals surface area contributed by atoms with E-state index >= 15 is 0 Å². The van der Waals surface area contributed by atoms with E-state index < -0.39 is 73.8 Å². The molecule has 13 nitrogen and oxygen atoms in total. The minimum atomic E-state index is -1.63. The third kappa shape index (κ3) is 9.82. The lowest BCUT2D eigenvalue weighted by Crippen LogP contribution is -2.45. The zero-order chi connectivity index (χ0) is 26.3. The minimum Gasteiger partial charge on any atom is -0.465 e. The molecule has 0 aromatic rings. The van der Waals surface area contributed by atoms with E-state index in [1.165, 1.54) is 20.8 Å². The third-order valence-corrected chi connectivity index (χ3v) is 5.37. The lowest BCUT2D eigenvalue weighted by molar-refractivity contribution is -0.179. The van der Waals surface area contributed by atoms with Crippen LogP contribution >= 0.6 is 0 Å². The van der Waals surface area contributed by atoms with E-state index in [1.54, 1.807) is 0 Å². The van der Waals surface area contributed by atoms with Crippen LogP contribution in [0, 0.1) is 16.2 Å². The molecule has 0 fully saturated rings. The molecule has 0 spiro atoms. The summed E-state index contributed by atoms with van der Waals surface area (Å²) in [6, 6.07) is 0. The van der Waals surface area contributed by atoms with Gasteiger partial charge in [0.15, 0.2) is 0 Å². The van der Waals surface area contributed by atoms with Gasteiger partial charge in [-0.1, -0.05) is 18.0 Å². The van der Waals surface area contributed by atoms with Crippen LogP contribution in [0.5, 0.6) is 0 Å². The fraction of sp³-hybridized carbons (Fsp3) is 0.857. The van der Waals surface area contributed by atoms with Crippen LogP contribution in [0.1, 0.15) is 46.5 Å². The number of rotatable bonds is 18. The maximum atomic E-state index is 12.8. The Balaban J connectivity index is 5.17.